The first-order chi connectivity index (χ1) is 12.0. The number of anilines is 2. The standard InChI is InChI=1S/C17H20ClN7/c1-23-7-9-25(10-8-23)17-20-14(11-3-5-12(18)6-4-11)13-15(19)24(2)22-16(13)21-17/h3-6H,7-10,19H2,1-2H3. The van der Waals surface area contributed by atoms with Crippen LogP contribution in [0.3, 0.4) is 0 Å². The number of hydrogen-bond donors (Lipinski definition) is 1. The van der Waals surface area contributed by atoms with Gasteiger partial charge in [0.1, 0.15) is 5.82 Å². The van der Waals surface area contributed by atoms with Crippen LogP contribution >= 0.6 is 11.6 Å². The van der Waals surface area contributed by atoms with Gasteiger partial charge in [-0.1, -0.05) is 23.7 Å². The SMILES string of the molecule is CN1CCN(c2nc(-c3ccc(Cl)cc3)c3c(N)n(C)nc3n2)CC1. The molecule has 1 aromatic carbocycles. The molecule has 8 heteroatoms. The molecule has 0 bridgehead atoms. The zero-order valence-electron chi connectivity index (χ0n) is 14.3. The normalized spacial score (nSPS) is 15.9. The Morgan fingerprint density at radius 2 is 1.68 bits per heavy atom. The van der Waals surface area contributed by atoms with Gasteiger partial charge in [0.15, 0.2) is 5.65 Å². The number of halogens is 1. The van der Waals surface area contributed by atoms with Crippen LogP contribution in [-0.2, 0) is 7.05 Å². The van der Waals surface area contributed by atoms with Crippen molar-refractivity contribution in [2.45, 2.75) is 0 Å². The van der Waals surface area contributed by atoms with Crippen LogP contribution in [0.25, 0.3) is 22.3 Å². The van der Waals surface area contributed by atoms with Crippen molar-refractivity contribution < 1.29 is 0 Å². The summed E-state index contributed by atoms with van der Waals surface area (Å²) in [6.07, 6.45) is 0. The number of hydrogen-bond acceptors (Lipinski definition) is 6. The minimum absolute atomic E-state index is 0.560. The number of aromatic nitrogens is 4. The number of benzene rings is 1. The molecule has 1 aliphatic rings. The number of likely N-dealkylation sites (N-methyl/N-ethyl adjacent to an activating group) is 1. The monoisotopic (exact) mass is 357 g/mol. The Hall–Kier alpha value is -2.38. The summed E-state index contributed by atoms with van der Waals surface area (Å²) >= 11 is 6.03. The number of piperazine rings is 1. The third kappa shape index (κ3) is 2.89. The van der Waals surface area contributed by atoms with E-state index in [1.54, 1.807) is 4.68 Å². The maximum atomic E-state index is 6.23. The van der Waals surface area contributed by atoms with E-state index in [9.17, 15) is 0 Å². The largest absolute Gasteiger partial charge is 0.383 e. The van der Waals surface area contributed by atoms with Crippen LogP contribution in [-0.4, -0.2) is 57.9 Å². The highest BCUT2D eigenvalue weighted by Gasteiger charge is 2.22. The number of aryl methyl sites for hydroxylation is 1. The van der Waals surface area contributed by atoms with E-state index in [2.05, 4.69) is 26.9 Å². The second-order valence-electron chi connectivity index (χ2n) is 6.38. The fraction of sp³-hybridized carbons (Fsp3) is 0.353. The van der Waals surface area contributed by atoms with Crippen LogP contribution in [0, 0.1) is 0 Å². The highest BCUT2D eigenvalue weighted by molar-refractivity contribution is 6.30. The van der Waals surface area contributed by atoms with Crippen molar-refractivity contribution in [2.75, 3.05) is 43.9 Å². The van der Waals surface area contributed by atoms with Gasteiger partial charge in [-0.05, 0) is 19.2 Å². The van der Waals surface area contributed by atoms with Gasteiger partial charge in [0.25, 0.3) is 0 Å². The number of nitrogen functional groups attached to an aromatic ring is 1. The average Bonchev–Trinajstić information content (AvgIpc) is 2.90. The number of fused-ring (bicyclic) bond motifs is 1. The third-order valence-electron chi connectivity index (χ3n) is 4.63. The van der Waals surface area contributed by atoms with Crippen LogP contribution in [0.15, 0.2) is 24.3 Å². The van der Waals surface area contributed by atoms with Gasteiger partial charge in [-0.25, -0.2) is 4.98 Å². The first-order valence-electron chi connectivity index (χ1n) is 8.22. The van der Waals surface area contributed by atoms with E-state index in [-0.39, 0.29) is 0 Å². The van der Waals surface area contributed by atoms with Crippen molar-refractivity contribution in [3.05, 3.63) is 29.3 Å². The average molecular weight is 358 g/mol. The summed E-state index contributed by atoms with van der Waals surface area (Å²) in [5.74, 6) is 1.26. The molecule has 1 saturated heterocycles. The van der Waals surface area contributed by atoms with Crippen LogP contribution in [0.2, 0.25) is 5.02 Å². The molecule has 25 heavy (non-hydrogen) atoms. The number of nitrogens with zero attached hydrogens (tertiary/aromatic N) is 6. The minimum atomic E-state index is 0.560. The lowest BCUT2D eigenvalue weighted by atomic mass is 10.1. The molecule has 3 heterocycles. The summed E-state index contributed by atoms with van der Waals surface area (Å²) in [7, 11) is 3.94. The predicted octanol–water partition coefficient (Wildman–Crippen LogP) is 2.02. The summed E-state index contributed by atoms with van der Waals surface area (Å²) in [6, 6.07) is 7.61. The minimum Gasteiger partial charge on any atom is -0.383 e. The molecule has 7 nitrogen and oxygen atoms in total. The van der Waals surface area contributed by atoms with E-state index >= 15 is 0 Å². The lowest BCUT2D eigenvalue weighted by Gasteiger charge is -2.32. The van der Waals surface area contributed by atoms with Crippen molar-refractivity contribution in [3.63, 3.8) is 0 Å². The highest BCUT2D eigenvalue weighted by atomic mass is 35.5. The summed E-state index contributed by atoms with van der Waals surface area (Å²) in [6.45, 7) is 3.76. The zero-order valence-corrected chi connectivity index (χ0v) is 15.0. The predicted molar refractivity (Wildman–Crippen MR) is 101 cm³/mol. The second kappa shape index (κ2) is 6.16. The van der Waals surface area contributed by atoms with E-state index in [1.165, 1.54) is 0 Å². The molecule has 0 amide bonds. The summed E-state index contributed by atoms with van der Waals surface area (Å²) < 4.78 is 1.65. The smallest absolute Gasteiger partial charge is 0.228 e. The Bertz CT molecular complexity index is 911. The Morgan fingerprint density at radius 1 is 1.00 bits per heavy atom. The van der Waals surface area contributed by atoms with Crippen molar-refractivity contribution in [1.82, 2.24) is 24.6 Å². The van der Waals surface area contributed by atoms with E-state index in [0.29, 0.717) is 22.4 Å². The fourth-order valence-corrected chi connectivity index (χ4v) is 3.19. The third-order valence-corrected chi connectivity index (χ3v) is 4.88. The number of nitrogens with two attached hydrogens (primary N) is 1. The van der Waals surface area contributed by atoms with Gasteiger partial charge in [-0.15, -0.1) is 0 Å². The van der Waals surface area contributed by atoms with Crippen LogP contribution < -0.4 is 10.6 Å². The molecule has 1 aliphatic heterocycles. The molecule has 0 spiro atoms. The van der Waals surface area contributed by atoms with Crippen molar-refractivity contribution >= 4 is 34.4 Å². The molecule has 3 aromatic rings. The molecule has 4 rings (SSSR count). The van der Waals surface area contributed by atoms with Gasteiger partial charge in [0, 0.05) is 43.8 Å². The van der Waals surface area contributed by atoms with Gasteiger partial charge < -0.3 is 15.5 Å². The quantitative estimate of drug-likeness (QED) is 0.756. The van der Waals surface area contributed by atoms with E-state index in [4.69, 9.17) is 22.3 Å². The van der Waals surface area contributed by atoms with Crippen LogP contribution in [0.1, 0.15) is 0 Å². The molecule has 1 fully saturated rings. The maximum absolute atomic E-state index is 6.23. The first kappa shape index (κ1) is 16.1. The molecule has 0 aliphatic carbocycles. The molecular weight excluding hydrogens is 338 g/mol. The van der Waals surface area contributed by atoms with Gasteiger partial charge in [-0.2, -0.15) is 10.1 Å². The van der Waals surface area contributed by atoms with E-state index in [0.717, 1.165) is 42.8 Å². The first-order valence-corrected chi connectivity index (χ1v) is 8.60. The van der Waals surface area contributed by atoms with Crippen LogP contribution in [0.5, 0.6) is 0 Å². The summed E-state index contributed by atoms with van der Waals surface area (Å²) in [5.41, 5.74) is 8.59. The zero-order chi connectivity index (χ0) is 17.6. The van der Waals surface area contributed by atoms with E-state index in [1.807, 2.05) is 31.3 Å². The Morgan fingerprint density at radius 3 is 2.36 bits per heavy atom. The lowest BCUT2D eigenvalue weighted by Crippen LogP contribution is -2.45. The number of rotatable bonds is 2. The van der Waals surface area contributed by atoms with Gasteiger partial charge in [-0.3, -0.25) is 4.68 Å². The Kier molecular flexibility index (Phi) is 3.97. The second-order valence-corrected chi connectivity index (χ2v) is 6.81. The fourth-order valence-electron chi connectivity index (χ4n) is 3.07. The van der Waals surface area contributed by atoms with Crippen molar-refractivity contribution in [2.24, 2.45) is 7.05 Å². The molecule has 0 atom stereocenters. The summed E-state index contributed by atoms with van der Waals surface area (Å²) in [4.78, 5) is 14.0. The van der Waals surface area contributed by atoms with Gasteiger partial charge in [0.2, 0.25) is 5.95 Å². The molecule has 0 radical (unpaired) electrons. The molecule has 0 unspecified atom stereocenters. The Balaban J connectivity index is 1.88. The molecule has 130 valence electrons. The maximum Gasteiger partial charge on any atom is 0.228 e. The van der Waals surface area contributed by atoms with Crippen molar-refractivity contribution in [3.8, 4) is 11.3 Å². The topological polar surface area (TPSA) is 76.1 Å². The Labute approximate surface area is 151 Å². The molecular formula is C17H20ClN7. The van der Waals surface area contributed by atoms with E-state index < -0.39 is 0 Å². The summed E-state index contributed by atoms with van der Waals surface area (Å²) in [5, 5.41) is 5.93. The van der Waals surface area contributed by atoms with Crippen molar-refractivity contribution in [1.29, 1.82) is 0 Å². The highest BCUT2D eigenvalue weighted by Crippen LogP contribution is 2.32. The van der Waals surface area contributed by atoms with Gasteiger partial charge >= 0.3 is 0 Å². The molecule has 2 N–H and O–H groups in total. The lowest BCUT2D eigenvalue weighted by molar-refractivity contribution is 0.311. The van der Waals surface area contributed by atoms with Crippen LogP contribution in [0.4, 0.5) is 11.8 Å². The molecule has 2 aromatic heterocycles. The molecule has 0 saturated carbocycles. The van der Waals surface area contributed by atoms with Gasteiger partial charge in [0.05, 0.1) is 11.1 Å².